The average Bonchev–Trinajstić information content (AvgIpc) is 3.57. The van der Waals surface area contributed by atoms with E-state index in [0.29, 0.717) is 13.0 Å². The quantitative estimate of drug-likeness (QED) is 0.661. The van der Waals surface area contributed by atoms with Crippen LogP contribution in [0, 0.1) is 17.8 Å². The number of carbonyl (C=O) groups is 3. The van der Waals surface area contributed by atoms with Crippen molar-refractivity contribution in [2.75, 3.05) is 32.8 Å². The molecule has 0 bridgehead atoms. The first-order chi connectivity index (χ1) is 16.9. The molecule has 2 aliphatic heterocycles. The highest BCUT2D eigenvalue weighted by Gasteiger charge is 2.41. The number of fused-ring (bicyclic) bond motifs is 3. The number of rotatable bonds is 6. The molecule has 2 aromatic rings. The van der Waals surface area contributed by atoms with Gasteiger partial charge in [-0.15, -0.1) is 0 Å². The van der Waals surface area contributed by atoms with E-state index >= 15 is 0 Å². The lowest BCUT2D eigenvalue weighted by molar-refractivity contribution is -0.142. The van der Waals surface area contributed by atoms with Gasteiger partial charge < -0.3 is 24.8 Å². The maximum atomic E-state index is 12.8. The minimum atomic E-state index is -0.861. The average molecular weight is 479 g/mol. The lowest BCUT2D eigenvalue weighted by Crippen LogP contribution is -2.36. The van der Waals surface area contributed by atoms with Crippen molar-refractivity contribution in [3.8, 4) is 11.1 Å². The second-order valence-electron chi connectivity index (χ2n) is 9.76. The molecule has 2 fully saturated rings. The van der Waals surface area contributed by atoms with Gasteiger partial charge in [-0.2, -0.15) is 0 Å². The summed E-state index contributed by atoms with van der Waals surface area (Å²) in [7, 11) is 0. The first-order valence-corrected chi connectivity index (χ1v) is 12.1. The molecule has 0 saturated carbocycles. The van der Waals surface area contributed by atoms with E-state index in [4.69, 9.17) is 9.47 Å². The Balaban J connectivity index is 1.09. The highest BCUT2D eigenvalue weighted by Crippen LogP contribution is 2.44. The number of likely N-dealkylation sites (tertiary alicyclic amines) is 1. The highest BCUT2D eigenvalue weighted by atomic mass is 16.5. The van der Waals surface area contributed by atoms with Gasteiger partial charge in [0.1, 0.15) is 6.61 Å². The zero-order valence-electron chi connectivity index (χ0n) is 19.7. The molecule has 2 aromatic carbocycles. The third-order valence-corrected chi connectivity index (χ3v) is 7.49. The van der Waals surface area contributed by atoms with Gasteiger partial charge in [0.15, 0.2) is 0 Å². The second kappa shape index (κ2) is 9.70. The molecule has 8 heteroatoms. The van der Waals surface area contributed by atoms with E-state index in [1.54, 1.807) is 4.90 Å². The van der Waals surface area contributed by atoms with E-state index < -0.39 is 18.0 Å². The van der Waals surface area contributed by atoms with Crippen LogP contribution in [0.15, 0.2) is 48.5 Å². The summed E-state index contributed by atoms with van der Waals surface area (Å²) in [5.74, 6) is -1.83. The number of carbonyl (C=O) groups excluding carboxylic acids is 2. The normalized spacial score (nSPS) is 25.2. The van der Waals surface area contributed by atoms with E-state index in [2.05, 4.69) is 29.6 Å². The fourth-order valence-electron chi connectivity index (χ4n) is 5.59. The Kier molecular flexibility index (Phi) is 6.47. The molecule has 2 saturated heterocycles. The Morgan fingerprint density at radius 1 is 1.06 bits per heavy atom. The number of nitrogens with zero attached hydrogens (tertiary/aromatic N) is 1. The molecule has 2 amide bonds. The largest absolute Gasteiger partial charge is 0.481 e. The molecule has 4 atom stereocenters. The Morgan fingerprint density at radius 3 is 2.34 bits per heavy atom. The molecular weight excluding hydrogens is 448 g/mol. The van der Waals surface area contributed by atoms with Crippen LogP contribution in [-0.2, 0) is 19.1 Å². The van der Waals surface area contributed by atoms with Crippen LogP contribution in [0.4, 0.5) is 4.79 Å². The molecule has 2 N–H and O–H groups in total. The SMILES string of the molecule is C[C@@H]1CN(C(=O)[C@@H]2CO[C@H](CNC(=O)OCC3c4ccccc4-c4ccccc43)C2)C[C@H]1C(=O)O. The molecule has 1 aliphatic carbocycles. The van der Waals surface area contributed by atoms with Crippen molar-refractivity contribution in [1.82, 2.24) is 10.2 Å². The number of carboxylic acids is 1. The van der Waals surface area contributed by atoms with Crippen LogP contribution in [0.25, 0.3) is 11.1 Å². The molecular formula is C27H30N2O6. The molecule has 0 spiro atoms. The van der Waals surface area contributed by atoms with Crippen molar-refractivity contribution >= 4 is 18.0 Å². The molecule has 184 valence electrons. The summed E-state index contributed by atoms with van der Waals surface area (Å²) in [5, 5.41) is 12.1. The van der Waals surface area contributed by atoms with Gasteiger partial charge in [0.2, 0.25) is 5.91 Å². The van der Waals surface area contributed by atoms with Crippen molar-refractivity contribution in [1.29, 1.82) is 0 Å². The molecule has 0 unspecified atom stereocenters. The number of carboxylic acid groups (broad SMARTS) is 1. The number of ether oxygens (including phenoxy) is 2. The van der Waals surface area contributed by atoms with Crippen LogP contribution in [0.3, 0.4) is 0 Å². The van der Waals surface area contributed by atoms with Crippen molar-refractivity contribution in [3.63, 3.8) is 0 Å². The smallest absolute Gasteiger partial charge is 0.407 e. The van der Waals surface area contributed by atoms with Gasteiger partial charge in [0.25, 0.3) is 0 Å². The van der Waals surface area contributed by atoms with E-state index in [1.807, 2.05) is 31.2 Å². The van der Waals surface area contributed by atoms with Crippen LogP contribution >= 0.6 is 0 Å². The minimum absolute atomic E-state index is 0.00429. The number of hydrogen-bond donors (Lipinski definition) is 2. The highest BCUT2D eigenvalue weighted by molar-refractivity contribution is 5.81. The van der Waals surface area contributed by atoms with Gasteiger partial charge >= 0.3 is 12.1 Å². The third-order valence-electron chi connectivity index (χ3n) is 7.49. The lowest BCUT2D eigenvalue weighted by atomic mass is 9.98. The topological polar surface area (TPSA) is 105 Å². The molecule has 5 rings (SSSR count). The Labute approximate surface area is 204 Å². The fraction of sp³-hybridized carbons (Fsp3) is 0.444. The van der Waals surface area contributed by atoms with Crippen LogP contribution < -0.4 is 5.32 Å². The maximum Gasteiger partial charge on any atom is 0.407 e. The summed E-state index contributed by atoms with van der Waals surface area (Å²) in [5.41, 5.74) is 4.66. The van der Waals surface area contributed by atoms with Crippen LogP contribution in [0.2, 0.25) is 0 Å². The number of aliphatic carboxylic acids is 1. The van der Waals surface area contributed by atoms with Gasteiger partial charge in [-0.1, -0.05) is 55.5 Å². The first-order valence-electron chi connectivity index (χ1n) is 12.1. The summed E-state index contributed by atoms with van der Waals surface area (Å²) in [6, 6.07) is 16.4. The summed E-state index contributed by atoms with van der Waals surface area (Å²) in [6.45, 7) is 3.33. The van der Waals surface area contributed by atoms with Crippen LogP contribution in [0.1, 0.15) is 30.4 Å². The first kappa shape index (κ1) is 23.4. The monoisotopic (exact) mass is 478 g/mol. The standard InChI is InChI=1S/C27H30N2O6/c1-16-12-29(13-23(16)26(31)32)25(30)17-10-18(34-14-17)11-28-27(33)35-15-24-21-8-4-2-6-19(21)20-7-3-5-9-22(20)24/h2-9,16-18,23-24H,10-15H2,1H3,(H,28,33)(H,31,32)/t16-,17+,18+,23-/m1/s1. The summed E-state index contributed by atoms with van der Waals surface area (Å²) >= 11 is 0. The van der Waals surface area contributed by atoms with Gasteiger partial charge in [0, 0.05) is 25.6 Å². The van der Waals surface area contributed by atoms with Gasteiger partial charge in [-0.3, -0.25) is 9.59 Å². The zero-order valence-corrected chi connectivity index (χ0v) is 19.7. The van der Waals surface area contributed by atoms with Gasteiger partial charge in [-0.25, -0.2) is 4.79 Å². The van der Waals surface area contributed by atoms with Crippen LogP contribution in [0.5, 0.6) is 0 Å². The molecule has 8 nitrogen and oxygen atoms in total. The summed E-state index contributed by atoms with van der Waals surface area (Å²) < 4.78 is 11.3. The molecule has 2 heterocycles. The number of nitrogens with one attached hydrogen (secondary N) is 1. The molecule has 0 radical (unpaired) electrons. The van der Waals surface area contributed by atoms with Crippen molar-refractivity contribution in [2.45, 2.75) is 25.4 Å². The van der Waals surface area contributed by atoms with Crippen molar-refractivity contribution < 1.29 is 29.0 Å². The number of amides is 2. The van der Waals surface area contributed by atoms with Gasteiger partial charge in [0.05, 0.1) is 24.5 Å². The Hall–Kier alpha value is -3.39. The lowest BCUT2D eigenvalue weighted by Gasteiger charge is -2.19. The molecule has 3 aliphatic rings. The van der Waals surface area contributed by atoms with Crippen LogP contribution in [-0.4, -0.2) is 66.9 Å². The number of benzene rings is 2. The molecule has 35 heavy (non-hydrogen) atoms. The Morgan fingerprint density at radius 2 is 1.71 bits per heavy atom. The number of hydrogen-bond acceptors (Lipinski definition) is 5. The van der Waals surface area contributed by atoms with Gasteiger partial charge in [-0.05, 0) is 34.6 Å². The van der Waals surface area contributed by atoms with Crippen molar-refractivity contribution in [3.05, 3.63) is 59.7 Å². The predicted molar refractivity (Wildman–Crippen MR) is 128 cm³/mol. The minimum Gasteiger partial charge on any atom is -0.481 e. The van der Waals surface area contributed by atoms with Crippen molar-refractivity contribution in [2.24, 2.45) is 17.8 Å². The second-order valence-corrected chi connectivity index (χ2v) is 9.76. The van der Waals surface area contributed by atoms with E-state index in [0.717, 1.165) is 11.1 Å². The number of alkyl carbamates (subject to hydrolysis) is 1. The zero-order chi connectivity index (χ0) is 24.5. The third kappa shape index (κ3) is 4.62. The molecule has 0 aromatic heterocycles. The summed E-state index contributed by atoms with van der Waals surface area (Å²) in [4.78, 5) is 38.2. The van der Waals surface area contributed by atoms with E-state index in [9.17, 15) is 19.5 Å². The van der Waals surface area contributed by atoms with E-state index in [-0.39, 0.29) is 56.1 Å². The van der Waals surface area contributed by atoms with E-state index in [1.165, 1.54) is 11.1 Å². The Bertz CT molecular complexity index is 1090. The summed E-state index contributed by atoms with van der Waals surface area (Å²) in [6.07, 6.45) is -0.298. The fourth-order valence-corrected chi connectivity index (χ4v) is 5.59. The maximum absolute atomic E-state index is 12.8. The predicted octanol–water partition coefficient (Wildman–Crippen LogP) is 3.11.